The zero-order valence-electron chi connectivity index (χ0n) is 11.4. The van der Waals surface area contributed by atoms with Crippen molar-refractivity contribution in [3.8, 4) is 0 Å². The van der Waals surface area contributed by atoms with Gasteiger partial charge in [-0.25, -0.2) is 9.18 Å². The molecule has 0 aliphatic heterocycles. The van der Waals surface area contributed by atoms with Gasteiger partial charge in [0.25, 0.3) is 0 Å². The van der Waals surface area contributed by atoms with E-state index in [-0.39, 0.29) is 24.0 Å². The Bertz CT molecular complexity index is 445. The van der Waals surface area contributed by atoms with E-state index < -0.39 is 0 Å². The standard InChI is InChI=1S/C15H21FN2O2/c16-14-4-2-1-3-11(14)9-10-17-15(20)18-12-5-7-13(19)8-6-12/h1-4,12-13,19H,5-10H2,(H2,17,18,20). The molecule has 0 bridgehead atoms. The Morgan fingerprint density at radius 3 is 2.65 bits per heavy atom. The van der Waals surface area contributed by atoms with Crippen LogP contribution in [0.15, 0.2) is 24.3 Å². The van der Waals surface area contributed by atoms with Crippen LogP contribution in [0.1, 0.15) is 31.2 Å². The molecular weight excluding hydrogens is 259 g/mol. The third kappa shape index (κ3) is 4.49. The van der Waals surface area contributed by atoms with Crippen LogP contribution in [0.5, 0.6) is 0 Å². The number of carbonyl (C=O) groups is 1. The van der Waals surface area contributed by atoms with Crippen molar-refractivity contribution in [2.24, 2.45) is 0 Å². The molecule has 0 radical (unpaired) electrons. The highest BCUT2D eigenvalue weighted by Gasteiger charge is 2.20. The van der Waals surface area contributed by atoms with Crippen LogP contribution in [0.4, 0.5) is 9.18 Å². The highest BCUT2D eigenvalue weighted by atomic mass is 19.1. The van der Waals surface area contributed by atoms with Crippen molar-refractivity contribution in [3.63, 3.8) is 0 Å². The maximum absolute atomic E-state index is 13.4. The maximum Gasteiger partial charge on any atom is 0.315 e. The SMILES string of the molecule is O=C(NCCc1ccccc1F)NC1CCC(O)CC1. The molecule has 0 aromatic heterocycles. The van der Waals surface area contributed by atoms with Crippen LogP contribution >= 0.6 is 0 Å². The van der Waals surface area contributed by atoms with E-state index >= 15 is 0 Å². The normalized spacial score (nSPS) is 22.3. The number of aliphatic hydroxyl groups excluding tert-OH is 1. The van der Waals surface area contributed by atoms with E-state index in [1.807, 2.05) is 0 Å². The summed E-state index contributed by atoms with van der Waals surface area (Å²) in [6, 6.07) is 6.48. The zero-order valence-corrected chi connectivity index (χ0v) is 11.4. The monoisotopic (exact) mass is 280 g/mol. The summed E-state index contributed by atoms with van der Waals surface area (Å²) in [6.45, 7) is 0.405. The molecule has 0 heterocycles. The van der Waals surface area contributed by atoms with Crippen LogP contribution in [0, 0.1) is 5.82 Å². The number of amides is 2. The van der Waals surface area contributed by atoms with Crippen LogP contribution in [0.25, 0.3) is 0 Å². The summed E-state index contributed by atoms with van der Waals surface area (Å²) in [7, 11) is 0. The van der Waals surface area contributed by atoms with Crippen LogP contribution in [-0.4, -0.2) is 29.8 Å². The molecule has 1 saturated carbocycles. The van der Waals surface area contributed by atoms with Crippen molar-refractivity contribution in [2.75, 3.05) is 6.54 Å². The second-order valence-electron chi connectivity index (χ2n) is 5.25. The molecule has 1 aromatic carbocycles. The van der Waals surface area contributed by atoms with Crippen LogP contribution in [0.3, 0.4) is 0 Å². The Morgan fingerprint density at radius 2 is 1.95 bits per heavy atom. The Balaban J connectivity index is 1.67. The van der Waals surface area contributed by atoms with Gasteiger partial charge in [-0.15, -0.1) is 0 Å². The summed E-state index contributed by atoms with van der Waals surface area (Å²) in [5.74, 6) is -0.240. The molecule has 20 heavy (non-hydrogen) atoms. The first-order valence-electron chi connectivity index (χ1n) is 7.11. The first-order chi connectivity index (χ1) is 9.65. The van der Waals surface area contributed by atoms with E-state index in [1.165, 1.54) is 6.07 Å². The first kappa shape index (κ1) is 14.8. The fourth-order valence-electron chi connectivity index (χ4n) is 2.47. The summed E-state index contributed by atoms with van der Waals surface area (Å²) in [4.78, 5) is 11.7. The van der Waals surface area contributed by atoms with Gasteiger partial charge in [0.15, 0.2) is 0 Å². The average Bonchev–Trinajstić information content (AvgIpc) is 2.43. The summed E-state index contributed by atoms with van der Waals surface area (Å²) >= 11 is 0. The van der Waals surface area contributed by atoms with Crippen molar-refractivity contribution in [1.29, 1.82) is 0 Å². The van der Waals surface area contributed by atoms with E-state index in [0.29, 0.717) is 18.5 Å². The number of hydrogen-bond acceptors (Lipinski definition) is 2. The van der Waals surface area contributed by atoms with E-state index in [1.54, 1.807) is 18.2 Å². The largest absolute Gasteiger partial charge is 0.393 e. The van der Waals surface area contributed by atoms with Gasteiger partial charge in [-0.3, -0.25) is 0 Å². The molecule has 1 aliphatic carbocycles. The lowest BCUT2D eigenvalue weighted by Gasteiger charge is -2.26. The fraction of sp³-hybridized carbons (Fsp3) is 0.533. The molecule has 1 aromatic rings. The summed E-state index contributed by atoms with van der Waals surface area (Å²) in [5, 5.41) is 15.0. The minimum absolute atomic E-state index is 0.131. The number of carbonyl (C=O) groups excluding carboxylic acids is 1. The van der Waals surface area contributed by atoms with E-state index in [0.717, 1.165) is 25.7 Å². The summed E-state index contributed by atoms with van der Waals surface area (Å²) < 4.78 is 13.4. The fourth-order valence-corrected chi connectivity index (χ4v) is 2.47. The highest BCUT2D eigenvalue weighted by molar-refractivity contribution is 5.74. The molecule has 110 valence electrons. The van der Waals surface area contributed by atoms with Crippen molar-refractivity contribution in [3.05, 3.63) is 35.6 Å². The van der Waals surface area contributed by atoms with E-state index in [2.05, 4.69) is 10.6 Å². The second kappa shape index (κ2) is 7.24. The molecule has 1 aliphatic rings. The molecular formula is C15H21FN2O2. The number of urea groups is 1. The molecule has 0 atom stereocenters. The van der Waals surface area contributed by atoms with Gasteiger partial charge in [0, 0.05) is 12.6 Å². The number of rotatable bonds is 4. The molecule has 4 nitrogen and oxygen atoms in total. The van der Waals surface area contributed by atoms with Crippen LogP contribution in [0.2, 0.25) is 0 Å². The number of hydrogen-bond donors (Lipinski definition) is 3. The van der Waals surface area contributed by atoms with Crippen molar-refractivity contribution in [2.45, 2.75) is 44.2 Å². The van der Waals surface area contributed by atoms with Crippen molar-refractivity contribution < 1.29 is 14.3 Å². The first-order valence-corrected chi connectivity index (χ1v) is 7.11. The van der Waals surface area contributed by atoms with E-state index in [4.69, 9.17) is 0 Å². The smallest absolute Gasteiger partial charge is 0.315 e. The summed E-state index contributed by atoms with van der Waals surface area (Å²) in [5.41, 5.74) is 0.605. The predicted molar refractivity (Wildman–Crippen MR) is 74.9 cm³/mol. The number of nitrogens with one attached hydrogen (secondary N) is 2. The van der Waals surface area contributed by atoms with E-state index in [9.17, 15) is 14.3 Å². The lowest BCUT2D eigenvalue weighted by atomic mass is 9.93. The molecule has 0 saturated heterocycles. The minimum atomic E-state index is -0.240. The zero-order chi connectivity index (χ0) is 14.4. The van der Waals surface area contributed by atoms with Gasteiger partial charge in [-0.2, -0.15) is 0 Å². The molecule has 2 rings (SSSR count). The van der Waals surface area contributed by atoms with Gasteiger partial charge in [-0.05, 0) is 43.7 Å². The Labute approximate surface area is 118 Å². The molecule has 2 amide bonds. The van der Waals surface area contributed by atoms with Gasteiger partial charge >= 0.3 is 6.03 Å². The third-order valence-electron chi connectivity index (χ3n) is 3.67. The lowest BCUT2D eigenvalue weighted by Crippen LogP contribution is -2.44. The lowest BCUT2D eigenvalue weighted by molar-refractivity contribution is 0.117. The minimum Gasteiger partial charge on any atom is -0.393 e. The van der Waals surface area contributed by atoms with Gasteiger partial charge in [0.1, 0.15) is 5.82 Å². The van der Waals surface area contributed by atoms with Crippen molar-refractivity contribution >= 4 is 6.03 Å². The average molecular weight is 280 g/mol. The number of aliphatic hydroxyl groups is 1. The number of benzene rings is 1. The van der Waals surface area contributed by atoms with Crippen LogP contribution < -0.4 is 10.6 Å². The maximum atomic E-state index is 13.4. The molecule has 5 heteroatoms. The van der Waals surface area contributed by atoms with Gasteiger partial charge < -0.3 is 15.7 Å². The number of halogens is 1. The quantitative estimate of drug-likeness (QED) is 0.789. The Hall–Kier alpha value is -1.62. The van der Waals surface area contributed by atoms with Gasteiger partial charge in [0.2, 0.25) is 0 Å². The molecule has 0 spiro atoms. The molecule has 3 N–H and O–H groups in total. The predicted octanol–water partition coefficient (Wildman–Crippen LogP) is 1.97. The van der Waals surface area contributed by atoms with Crippen molar-refractivity contribution in [1.82, 2.24) is 10.6 Å². The highest BCUT2D eigenvalue weighted by Crippen LogP contribution is 2.18. The topological polar surface area (TPSA) is 61.4 Å². The van der Waals surface area contributed by atoms with Gasteiger partial charge in [-0.1, -0.05) is 18.2 Å². The molecule has 1 fully saturated rings. The Morgan fingerprint density at radius 1 is 1.25 bits per heavy atom. The third-order valence-corrected chi connectivity index (χ3v) is 3.67. The second-order valence-corrected chi connectivity index (χ2v) is 5.25. The van der Waals surface area contributed by atoms with Gasteiger partial charge in [0.05, 0.1) is 6.10 Å². The molecule has 0 unspecified atom stereocenters. The Kier molecular flexibility index (Phi) is 5.35. The summed E-state index contributed by atoms with van der Waals surface area (Å²) in [6.07, 6.45) is 3.34. The van der Waals surface area contributed by atoms with Crippen LogP contribution in [-0.2, 0) is 6.42 Å².